The number of hydrogen-bond acceptors (Lipinski definition) is 7. The van der Waals surface area contributed by atoms with Crippen LogP contribution in [0.5, 0.6) is 11.5 Å². The van der Waals surface area contributed by atoms with Gasteiger partial charge in [-0.05, 0) is 59.0 Å². The van der Waals surface area contributed by atoms with E-state index >= 15 is 0 Å². The molecule has 0 radical (unpaired) electrons. The van der Waals surface area contributed by atoms with Crippen molar-refractivity contribution in [3.05, 3.63) is 84.7 Å². The number of para-hydroxylation sites is 1. The van der Waals surface area contributed by atoms with Gasteiger partial charge in [0, 0.05) is 18.7 Å². The van der Waals surface area contributed by atoms with Gasteiger partial charge in [0.1, 0.15) is 12.1 Å². The van der Waals surface area contributed by atoms with E-state index in [2.05, 4.69) is 20.8 Å². The van der Waals surface area contributed by atoms with Crippen molar-refractivity contribution in [2.75, 3.05) is 18.4 Å². The molecule has 180 valence electrons. The summed E-state index contributed by atoms with van der Waals surface area (Å²) < 4.78 is 34.9. The average Bonchev–Trinajstić information content (AvgIpc) is 3.41. The molecule has 0 aliphatic rings. The van der Waals surface area contributed by atoms with Crippen molar-refractivity contribution in [1.29, 1.82) is 0 Å². The Hall–Kier alpha value is -4.09. The number of carbonyl (C=O) groups is 1. The molecule has 0 spiro atoms. The summed E-state index contributed by atoms with van der Waals surface area (Å²) in [4.78, 5) is 13.2. The SMILES string of the molecule is CCN(CC)S(=O)(=O)c1ccc(Oc2ccccc2)c(NC(=O)c2cccc(-n3cnnn3)c2)c1. The van der Waals surface area contributed by atoms with Crippen LogP contribution in [0.15, 0.2) is 84.0 Å². The molecular formula is C24H24N6O4S. The molecule has 1 aromatic heterocycles. The van der Waals surface area contributed by atoms with Crippen LogP contribution in [0, 0.1) is 0 Å². The highest BCUT2D eigenvalue weighted by atomic mass is 32.2. The first kappa shape index (κ1) is 24.0. The molecule has 3 aromatic carbocycles. The molecule has 0 saturated heterocycles. The third kappa shape index (κ3) is 5.36. The summed E-state index contributed by atoms with van der Waals surface area (Å²) in [6.07, 6.45) is 1.42. The van der Waals surface area contributed by atoms with Gasteiger partial charge < -0.3 is 10.1 Å². The number of nitrogens with one attached hydrogen (secondary N) is 1. The predicted molar refractivity (Wildman–Crippen MR) is 130 cm³/mol. The minimum absolute atomic E-state index is 0.0550. The smallest absolute Gasteiger partial charge is 0.255 e. The van der Waals surface area contributed by atoms with Crippen molar-refractivity contribution in [3.63, 3.8) is 0 Å². The van der Waals surface area contributed by atoms with Gasteiger partial charge in [-0.2, -0.15) is 4.31 Å². The van der Waals surface area contributed by atoms with Gasteiger partial charge in [0.05, 0.1) is 16.3 Å². The van der Waals surface area contributed by atoms with Gasteiger partial charge in [0.25, 0.3) is 5.91 Å². The van der Waals surface area contributed by atoms with Crippen LogP contribution in [-0.2, 0) is 10.0 Å². The highest BCUT2D eigenvalue weighted by Gasteiger charge is 2.24. The predicted octanol–water partition coefficient (Wildman–Crippen LogP) is 3.74. The zero-order valence-electron chi connectivity index (χ0n) is 19.2. The van der Waals surface area contributed by atoms with E-state index in [0.29, 0.717) is 35.8 Å². The number of hydrogen-bond donors (Lipinski definition) is 1. The zero-order chi connectivity index (χ0) is 24.8. The molecule has 35 heavy (non-hydrogen) atoms. The van der Waals surface area contributed by atoms with Crippen LogP contribution in [0.3, 0.4) is 0 Å². The molecule has 0 aliphatic carbocycles. The van der Waals surface area contributed by atoms with Gasteiger partial charge in [-0.25, -0.2) is 13.1 Å². The first-order chi connectivity index (χ1) is 16.9. The summed E-state index contributed by atoms with van der Waals surface area (Å²) in [5, 5.41) is 13.9. The van der Waals surface area contributed by atoms with Crippen molar-refractivity contribution >= 4 is 21.6 Å². The van der Waals surface area contributed by atoms with Gasteiger partial charge in [0.15, 0.2) is 5.75 Å². The van der Waals surface area contributed by atoms with E-state index < -0.39 is 15.9 Å². The molecule has 1 heterocycles. The molecule has 11 heteroatoms. The van der Waals surface area contributed by atoms with Crippen molar-refractivity contribution in [1.82, 2.24) is 24.5 Å². The minimum Gasteiger partial charge on any atom is -0.455 e. The monoisotopic (exact) mass is 492 g/mol. The zero-order valence-corrected chi connectivity index (χ0v) is 20.0. The molecule has 1 amide bonds. The Morgan fingerprint density at radius 3 is 2.46 bits per heavy atom. The first-order valence-electron chi connectivity index (χ1n) is 10.9. The lowest BCUT2D eigenvalue weighted by Gasteiger charge is -2.20. The van der Waals surface area contributed by atoms with Crippen LogP contribution < -0.4 is 10.1 Å². The normalized spacial score (nSPS) is 11.4. The standard InChI is InChI=1S/C24H24N6O4S/c1-3-29(4-2)35(32,33)21-13-14-23(34-20-11-6-5-7-12-20)22(16-21)26-24(31)18-9-8-10-19(15-18)30-17-25-27-28-30/h5-17H,3-4H2,1-2H3,(H,26,31). The van der Waals surface area contributed by atoms with Crippen molar-refractivity contribution < 1.29 is 17.9 Å². The summed E-state index contributed by atoms with van der Waals surface area (Å²) in [5.41, 5.74) is 1.15. The molecule has 0 unspecified atom stereocenters. The van der Waals surface area contributed by atoms with Crippen LogP contribution in [0.2, 0.25) is 0 Å². The van der Waals surface area contributed by atoms with Gasteiger partial charge in [-0.15, -0.1) is 5.10 Å². The second-order valence-electron chi connectivity index (χ2n) is 7.42. The average molecular weight is 493 g/mol. The number of carbonyl (C=O) groups excluding carboxylic acids is 1. The summed E-state index contributed by atoms with van der Waals surface area (Å²) in [6, 6.07) is 20.2. The molecule has 0 saturated carbocycles. The van der Waals surface area contributed by atoms with Gasteiger partial charge in [-0.3, -0.25) is 4.79 Å². The first-order valence-corrected chi connectivity index (χ1v) is 12.4. The molecule has 0 bridgehead atoms. The fraction of sp³-hybridized carbons (Fsp3) is 0.167. The number of amides is 1. The van der Waals surface area contributed by atoms with Crippen molar-refractivity contribution in [2.24, 2.45) is 0 Å². The highest BCUT2D eigenvalue weighted by molar-refractivity contribution is 7.89. The third-order valence-electron chi connectivity index (χ3n) is 5.24. The number of benzene rings is 3. The molecule has 4 aromatic rings. The Bertz CT molecular complexity index is 1410. The quantitative estimate of drug-likeness (QED) is 0.378. The summed E-state index contributed by atoms with van der Waals surface area (Å²) in [5.74, 6) is 0.401. The molecule has 0 atom stereocenters. The number of tetrazole rings is 1. The van der Waals surface area contributed by atoms with Crippen LogP contribution in [0.25, 0.3) is 5.69 Å². The lowest BCUT2D eigenvalue weighted by atomic mass is 10.2. The topological polar surface area (TPSA) is 119 Å². The van der Waals surface area contributed by atoms with E-state index in [0.717, 1.165) is 0 Å². The maximum atomic E-state index is 13.2. The number of aromatic nitrogens is 4. The van der Waals surface area contributed by atoms with Crippen molar-refractivity contribution in [3.8, 4) is 17.2 Å². The van der Waals surface area contributed by atoms with Gasteiger partial charge in [-0.1, -0.05) is 38.1 Å². The Labute approximate surface area is 203 Å². The van der Waals surface area contributed by atoms with Crippen molar-refractivity contribution in [2.45, 2.75) is 18.7 Å². The van der Waals surface area contributed by atoms with E-state index in [1.165, 1.54) is 33.5 Å². The largest absolute Gasteiger partial charge is 0.455 e. The second-order valence-corrected chi connectivity index (χ2v) is 9.36. The number of ether oxygens (including phenoxy) is 1. The molecule has 1 N–H and O–H groups in total. The number of sulfonamides is 1. The minimum atomic E-state index is -3.75. The molecular weight excluding hydrogens is 468 g/mol. The van der Waals surface area contributed by atoms with Gasteiger partial charge in [0.2, 0.25) is 10.0 Å². The lowest BCUT2D eigenvalue weighted by Crippen LogP contribution is -2.30. The number of anilines is 1. The molecule has 0 fully saturated rings. The van der Waals surface area contributed by atoms with Crippen LogP contribution >= 0.6 is 0 Å². The molecule has 0 aliphatic heterocycles. The van der Waals surface area contributed by atoms with E-state index in [-0.39, 0.29) is 10.6 Å². The maximum absolute atomic E-state index is 13.2. The maximum Gasteiger partial charge on any atom is 0.255 e. The number of nitrogens with zero attached hydrogens (tertiary/aromatic N) is 5. The molecule has 10 nitrogen and oxygen atoms in total. The van der Waals surface area contributed by atoms with Crippen LogP contribution in [0.4, 0.5) is 5.69 Å². The Morgan fingerprint density at radius 1 is 1.00 bits per heavy atom. The second kappa shape index (κ2) is 10.5. The summed E-state index contributed by atoms with van der Waals surface area (Å²) in [6.45, 7) is 4.20. The Balaban J connectivity index is 1.70. The summed E-state index contributed by atoms with van der Waals surface area (Å²) >= 11 is 0. The van der Waals surface area contributed by atoms with E-state index in [1.54, 1.807) is 50.2 Å². The lowest BCUT2D eigenvalue weighted by molar-refractivity contribution is 0.102. The van der Waals surface area contributed by atoms with Gasteiger partial charge >= 0.3 is 0 Å². The Morgan fingerprint density at radius 2 is 1.77 bits per heavy atom. The van der Waals surface area contributed by atoms with Crippen LogP contribution in [-0.4, -0.2) is 51.9 Å². The van der Waals surface area contributed by atoms with E-state index in [9.17, 15) is 13.2 Å². The highest BCUT2D eigenvalue weighted by Crippen LogP contribution is 2.33. The fourth-order valence-electron chi connectivity index (χ4n) is 3.45. The van der Waals surface area contributed by atoms with E-state index in [1.807, 2.05) is 18.2 Å². The van der Waals surface area contributed by atoms with Crippen LogP contribution in [0.1, 0.15) is 24.2 Å². The Kier molecular flexibility index (Phi) is 7.18. The number of rotatable bonds is 9. The molecule has 4 rings (SSSR count). The summed E-state index contributed by atoms with van der Waals surface area (Å²) in [7, 11) is -3.75. The van der Waals surface area contributed by atoms with E-state index in [4.69, 9.17) is 4.74 Å². The third-order valence-corrected chi connectivity index (χ3v) is 7.28. The fourth-order valence-corrected chi connectivity index (χ4v) is 4.93.